The van der Waals surface area contributed by atoms with Crippen LogP contribution >= 0.6 is 0 Å². The zero-order valence-corrected chi connectivity index (χ0v) is 13.1. The van der Waals surface area contributed by atoms with Gasteiger partial charge in [0.15, 0.2) is 17.2 Å². The number of esters is 1. The Kier molecular flexibility index (Phi) is 3.57. The Morgan fingerprint density at radius 3 is 2.68 bits per heavy atom. The van der Waals surface area contributed by atoms with Gasteiger partial charge in [-0.25, -0.2) is 13.9 Å². The quantitative estimate of drug-likeness (QED) is 0.682. The highest BCUT2D eigenvalue weighted by Gasteiger charge is 2.24. The van der Waals surface area contributed by atoms with Crippen molar-refractivity contribution in [1.29, 1.82) is 0 Å². The Bertz CT molecular complexity index is 953. The van der Waals surface area contributed by atoms with Crippen LogP contribution in [-0.2, 0) is 4.74 Å². The maximum absolute atomic E-state index is 13.2. The molecule has 0 saturated heterocycles. The van der Waals surface area contributed by atoms with Gasteiger partial charge in [-0.1, -0.05) is 5.21 Å². The first kappa shape index (κ1) is 15.1. The van der Waals surface area contributed by atoms with Crippen LogP contribution in [0, 0.1) is 5.82 Å². The molecule has 0 atom stereocenters. The van der Waals surface area contributed by atoms with Crippen molar-refractivity contribution in [2.75, 3.05) is 13.9 Å². The molecular formula is C17H12FN3O4. The fourth-order valence-corrected chi connectivity index (χ4v) is 2.58. The summed E-state index contributed by atoms with van der Waals surface area (Å²) in [5.74, 6) is 0.173. The number of nitrogens with zero attached hydrogens (tertiary/aromatic N) is 3. The number of benzene rings is 2. The molecule has 0 aliphatic carbocycles. The van der Waals surface area contributed by atoms with Gasteiger partial charge in [0.1, 0.15) is 11.5 Å². The Morgan fingerprint density at radius 2 is 1.92 bits per heavy atom. The summed E-state index contributed by atoms with van der Waals surface area (Å²) in [6.07, 6.45) is 0. The minimum Gasteiger partial charge on any atom is -0.464 e. The Morgan fingerprint density at radius 1 is 1.16 bits per heavy atom. The van der Waals surface area contributed by atoms with Crippen LogP contribution in [0.1, 0.15) is 10.5 Å². The third kappa shape index (κ3) is 2.57. The maximum atomic E-state index is 13.2. The summed E-state index contributed by atoms with van der Waals surface area (Å²) < 4.78 is 30.1. The molecule has 4 rings (SSSR count). The molecule has 0 bridgehead atoms. The molecule has 1 aliphatic heterocycles. The number of ether oxygens (including phenoxy) is 3. The van der Waals surface area contributed by atoms with Crippen LogP contribution < -0.4 is 9.47 Å². The lowest BCUT2D eigenvalue weighted by Crippen LogP contribution is -2.05. The summed E-state index contributed by atoms with van der Waals surface area (Å²) in [7, 11) is 1.27. The van der Waals surface area contributed by atoms with E-state index < -0.39 is 5.97 Å². The van der Waals surface area contributed by atoms with Gasteiger partial charge in [-0.2, -0.15) is 0 Å². The van der Waals surface area contributed by atoms with Crippen molar-refractivity contribution >= 4 is 5.97 Å². The van der Waals surface area contributed by atoms with Gasteiger partial charge >= 0.3 is 5.97 Å². The summed E-state index contributed by atoms with van der Waals surface area (Å²) in [5.41, 5.74) is 1.65. The van der Waals surface area contributed by atoms with E-state index in [4.69, 9.17) is 14.2 Å². The fourth-order valence-electron chi connectivity index (χ4n) is 2.58. The molecule has 1 aromatic heterocycles. The SMILES string of the molecule is COC(=O)c1nnn(-c2ccc(F)cc2)c1-c1ccc2c(c1)OCO2. The molecule has 25 heavy (non-hydrogen) atoms. The van der Waals surface area contributed by atoms with Crippen LogP contribution in [0.15, 0.2) is 42.5 Å². The van der Waals surface area contributed by atoms with Gasteiger partial charge in [-0.05, 0) is 42.5 Å². The van der Waals surface area contributed by atoms with Gasteiger partial charge in [0.25, 0.3) is 0 Å². The molecular weight excluding hydrogens is 329 g/mol. The molecule has 1 aliphatic rings. The van der Waals surface area contributed by atoms with Crippen molar-refractivity contribution in [2.45, 2.75) is 0 Å². The number of carbonyl (C=O) groups is 1. The van der Waals surface area contributed by atoms with Crippen molar-refractivity contribution in [3.8, 4) is 28.4 Å². The van der Waals surface area contributed by atoms with Crippen molar-refractivity contribution < 1.29 is 23.4 Å². The Balaban J connectivity index is 1.90. The van der Waals surface area contributed by atoms with E-state index in [1.165, 1.54) is 23.9 Å². The van der Waals surface area contributed by atoms with Crippen LogP contribution in [0.3, 0.4) is 0 Å². The highest BCUT2D eigenvalue weighted by molar-refractivity contribution is 5.94. The molecule has 0 radical (unpaired) electrons. The Hall–Kier alpha value is -3.42. The molecule has 8 heteroatoms. The van der Waals surface area contributed by atoms with Crippen LogP contribution in [0.5, 0.6) is 11.5 Å². The molecule has 0 N–H and O–H groups in total. The standard InChI is InChI=1S/C17H12FN3O4/c1-23-17(22)15-16(10-2-7-13-14(8-10)25-9-24-13)21(20-19-15)12-5-3-11(18)4-6-12/h2-8H,9H2,1H3. The molecule has 0 amide bonds. The molecule has 0 saturated carbocycles. The summed E-state index contributed by atoms with van der Waals surface area (Å²) in [6, 6.07) is 10.9. The van der Waals surface area contributed by atoms with Crippen LogP contribution in [0.4, 0.5) is 4.39 Å². The third-order valence-corrected chi connectivity index (χ3v) is 3.77. The second kappa shape index (κ2) is 5.90. The second-order valence-electron chi connectivity index (χ2n) is 5.23. The largest absolute Gasteiger partial charge is 0.464 e. The van der Waals surface area contributed by atoms with Gasteiger partial charge < -0.3 is 14.2 Å². The number of carbonyl (C=O) groups excluding carboxylic acids is 1. The zero-order chi connectivity index (χ0) is 17.4. The summed E-state index contributed by atoms with van der Waals surface area (Å²) in [5, 5.41) is 7.95. The molecule has 0 fully saturated rings. The van der Waals surface area contributed by atoms with Crippen molar-refractivity contribution in [3.63, 3.8) is 0 Å². The van der Waals surface area contributed by atoms with Crippen LogP contribution in [-0.4, -0.2) is 34.9 Å². The minimum absolute atomic E-state index is 0.0469. The summed E-state index contributed by atoms with van der Waals surface area (Å²) in [6.45, 7) is 0.137. The smallest absolute Gasteiger partial charge is 0.360 e. The number of fused-ring (bicyclic) bond motifs is 1. The van der Waals surface area contributed by atoms with E-state index in [9.17, 15) is 9.18 Å². The van der Waals surface area contributed by atoms with Gasteiger partial charge in [-0.15, -0.1) is 5.10 Å². The predicted molar refractivity (Wildman–Crippen MR) is 84.2 cm³/mol. The van der Waals surface area contributed by atoms with Crippen molar-refractivity contribution in [1.82, 2.24) is 15.0 Å². The first-order valence-electron chi connectivity index (χ1n) is 7.37. The van der Waals surface area contributed by atoms with E-state index >= 15 is 0 Å². The first-order valence-corrected chi connectivity index (χ1v) is 7.37. The van der Waals surface area contributed by atoms with E-state index in [0.29, 0.717) is 28.4 Å². The predicted octanol–water partition coefficient (Wildman–Crippen LogP) is 2.59. The molecule has 0 spiro atoms. The average molecular weight is 341 g/mol. The van der Waals surface area contributed by atoms with E-state index in [1.807, 2.05) is 0 Å². The third-order valence-electron chi connectivity index (χ3n) is 3.77. The van der Waals surface area contributed by atoms with Gasteiger partial charge in [-0.3, -0.25) is 0 Å². The lowest BCUT2D eigenvalue weighted by molar-refractivity contribution is 0.0595. The normalized spacial score (nSPS) is 12.2. The minimum atomic E-state index is -0.624. The van der Waals surface area contributed by atoms with E-state index in [2.05, 4.69) is 10.3 Å². The average Bonchev–Trinajstić information content (AvgIpc) is 3.27. The number of halogens is 1. The number of methoxy groups -OCH3 is 1. The van der Waals surface area contributed by atoms with Gasteiger partial charge in [0.2, 0.25) is 6.79 Å². The topological polar surface area (TPSA) is 75.5 Å². The molecule has 7 nitrogen and oxygen atoms in total. The number of hydrogen-bond donors (Lipinski definition) is 0. The zero-order valence-electron chi connectivity index (χ0n) is 13.1. The van der Waals surface area contributed by atoms with E-state index in [1.54, 1.807) is 30.3 Å². The maximum Gasteiger partial charge on any atom is 0.360 e. The fraction of sp³-hybridized carbons (Fsp3) is 0.118. The van der Waals surface area contributed by atoms with E-state index in [-0.39, 0.29) is 18.3 Å². The molecule has 2 aromatic carbocycles. The summed E-state index contributed by atoms with van der Waals surface area (Å²) >= 11 is 0. The van der Waals surface area contributed by atoms with Crippen molar-refractivity contribution in [3.05, 3.63) is 54.0 Å². The van der Waals surface area contributed by atoms with Crippen molar-refractivity contribution in [2.24, 2.45) is 0 Å². The molecule has 3 aromatic rings. The molecule has 126 valence electrons. The monoisotopic (exact) mass is 341 g/mol. The second-order valence-corrected chi connectivity index (χ2v) is 5.23. The van der Waals surface area contributed by atoms with Gasteiger partial charge in [0.05, 0.1) is 12.8 Å². The lowest BCUT2D eigenvalue weighted by Gasteiger charge is -2.08. The van der Waals surface area contributed by atoms with Crippen LogP contribution in [0.25, 0.3) is 16.9 Å². The van der Waals surface area contributed by atoms with Gasteiger partial charge in [0, 0.05) is 5.56 Å². The Labute approximate surface area is 141 Å². The highest BCUT2D eigenvalue weighted by atomic mass is 19.1. The number of rotatable bonds is 3. The first-order chi connectivity index (χ1) is 12.2. The molecule has 2 heterocycles. The van der Waals surface area contributed by atoms with E-state index in [0.717, 1.165) is 0 Å². The summed E-state index contributed by atoms with van der Waals surface area (Å²) in [4.78, 5) is 12.1. The lowest BCUT2D eigenvalue weighted by atomic mass is 10.1. The highest BCUT2D eigenvalue weighted by Crippen LogP contribution is 2.37. The number of aromatic nitrogens is 3. The number of hydrogen-bond acceptors (Lipinski definition) is 6. The van der Waals surface area contributed by atoms with Crippen LogP contribution in [0.2, 0.25) is 0 Å². The molecule has 0 unspecified atom stereocenters.